The lowest BCUT2D eigenvalue weighted by Crippen LogP contribution is -2.11. The molecule has 0 saturated heterocycles. The number of benzene rings is 2. The number of rotatable bonds is 10. The lowest BCUT2D eigenvalue weighted by atomic mass is 10.2. The third-order valence-electron chi connectivity index (χ3n) is 3.76. The smallest absolute Gasteiger partial charge is 0.248 e. The van der Waals surface area contributed by atoms with Crippen molar-refractivity contribution in [3.05, 3.63) is 48.0 Å². The Morgan fingerprint density at radius 2 is 1.70 bits per heavy atom. The van der Waals surface area contributed by atoms with Gasteiger partial charge in [0.1, 0.15) is 5.75 Å². The van der Waals surface area contributed by atoms with E-state index in [0.29, 0.717) is 30.4 Å². The number of hydrogen-bond donors (Lipinski definition) is 2. The molecule has 2 rings (SSSR count). The van der Waals surface area contributed by atoms with E-state index < -0.39 is 10.0 Å². The molecule has 0 heterocycles. The summed E-state index contributed by atoms with van der Waals surface area (Å²) in [5, 5.41) is 2.71. The van der Waals surface area contributed by atoms with Crippen LogP contribution in [-0.4, -0.2) is 40.9 Å². The van der Waals surface area contributed by atoms with E-state index in [1.807, 2.05) is 19.9 Å². The Hall–Kier alpha value is -3.20. The average molecular weight is 435 g/mol. The van der Waals surface area contributed by atoms with Crippen LogP contribution in [-0.2, 0) is 14.8 Å². The summed E-state index contributed by atoms with van der Waals surface area (Å²) in [5.74, 6) is 1.19. The molecule has 8 nitrogen and oxygen atoms in total. The number of methoxy groups -OCH3 is 1. The van der Waals surface area contributed by atoms with Crippen LogP contribution >= 0.6 is 0 Å². The Morgan fingerprint density at radius 1 is 1.00 bits per heavy atom. The van der Waals surface area contributed by atoms with Crippen molar-refractivity contribution in [2.24, 2.45) is 0 Å². The molecule has 162 valence electrons. The van der Waals surface area contributed by atoms with Gasteiger partial charge in [-0.05, 0) is 49.8 Å². The first-order valence-corrected chi connectivity index (χ1v) is 11.2. The van der Waals surface area contributed by atoms with Crippen LogP contribution in [0.15, 0.2) is 42.5 Å². The summed E-state index contributed by atoms with van der Waals surface area (Å²) in [7, 11) is -2.03. The molecular formula is C21H26N2O6S. The van der Waals surface area contributed by atoms with E-state index in [1.165, 1.54) is 25.3 Å². The van der Waals surface area contributed by atoms with Crippen LogP contribution in [0.5, 0.6) is 17.2 Å². The van der Waals surface area contributed by atoms with Crippen molar-refractivity contribution in [3.63, 3.8) is 0 Å². The van der Waals surface area contributed by atoms with Gasteiger partial charge in [0.2, 0.25) is 15.9 Å². The number of nitrogens with one attached hydrogen (secondary N) is 2. The van der Waals surface area contributed by atoms with Crippen molar-refractivity contribution in [1.29, 1.82) is 0 Å². The molecule has 0 spiro atoms. The molecule has 30 heavy (non-hydrogen) atoms. The molecule has 2 aromatic rings. The summed E-state index contributed by atoms with van der Waals surface area (Å²) in [4.78, 5) is 12.3. The van der Waals surface area contributed by atoms with Crippen LogP contribution in [0, 0.1) is 0 Å². The molecule has 0 atom stereocenters. The molecular weight excluding hydrogens is 408 g/mol. The highest BCUT2D eigenvalue weighted by atomic mass is 32.2. The second-order valence-electron chi connectivity index (χ2n) is 6.18. The van der Waals surface area contributed by atoms with Gasteiger partial charge in [0.15, 0.2) is 11.5 Å². The number of sulfonamides is 1. The van der Waals surface area contributed by atoms with Gasteiger partial charge >= 0.3 is 0 Å². The average Bonchev–Trinajstić information content (AvgIpc) is 2.68. The maximum Gasteiger partial charge on any atom is 0.248 e. The van der Waals surface area contributed by atoms with E-state index >= 15 is 0 Å². The predicted octanol–water partition coefficient (Wildman–Crippen LogP) is 3.52. The molecule has 0 aromatic heterocycles. The van der Waals surface area contributed by atoms with Gasteiger partial charge < -0.3 is 19.5 Å². The standard InChI is InChI=1S/C21H26N2O6S/c1-5-28-18-11-7-15(13-20(18)29-6-2)8-12-21(24)22-16-9-10-17(19(14-16)27-3)23-30(4,25)26/h7-14,23H,5-6H2,1-4H3,(H,22,24)/b12-8+. The fraction of sp³-hybridized carbons (Fsp3) is 0.286. The van der Waals surface area contributed by atoms with Crippen molar-refractivity contribution >= 4 is 33.4 Å². The van der Waals surface area contributed by atoms with Gasteiger partial charge in [-0.15, -0.1) is 0 Å². The van der Waals surface area contributed by atoms with Crippen molar-refractivity contribution in [3.8, 4) is 17.2 Å². The monoisotopic (exact) mass is 434 g/mol. The van der Waals surface area contributed by atoms with E-state index in [9.17, 15) is 13.2 Å². The third-order valence-corrected chi connectivity index (χ3v) is 4.35. The minimum Gasteiger partial charge on any atom is -0.494 e. The SMILES string of the molecule is CCOc1ccc(/C=C/C(=O)Nc2ccc(NS(C)(=O)=O)c(OC)c2)cc1OCC. The topological polar surface area (TPSA) is 103 Å². The van der Waals surface area contributed by atoms with Crippen LogP contribution in [0.1, 0.15) is 19.4 Å². The minimum atomic E-state index is -3.45. The second-order valence-corrected chi connectivity index (χ2v) is 7.93. The fourth-order valence-electron chi connectivity index (χ4n) is 2.58. The van der Waals surface area contributed by atoms with E-state index in [0.717, 1.165) is 11.8 Å². The summed E-state index contributed by atoms with van der Waals surface area (Å²) in [6.07, 6.45) is 4.09. The number of carbonyl (C=O) groups excluding carboxylic acids is 1. The largest absolute Gasteiger partial charge is 0.494 e. The molecule has 0 bridgehead atoms. The quantitative estimate of drug-likeness (QED) is 0.555. The van der Waals surface area contributed by atoms with Crippen molar-refractivity contribution < 1.29 is 27.4 Å². The summed E-state index contributed by atoms with van der Waals surface area (Å²) >= 11 is 0. The zero-order valence-corrected chi connectivity index (χ0v) is 18.2. The fourth-order valence-corrected chi connectivity index (χ4v) is 3.15. The van der Waals surface area contributed by atoms with Gasteiger partial charge in [-0.25, -0.2) is 8.42 Å². The number of anilines is 2. The first-order chi connectivity index (χ1) is 14.3. The number of amides is 1. The molecule has 0 fully saturated rings. The van der Waals surface area contributed by atoms with Gasteiger partial charge in [-0.3, -0.25) is 9.52 Å². The van der Waals surface area contributed by atoms with Gasteiger partial charge in [0.25, 0.3) is 0 Å². The Bertz CT molecular complexity index is 1020. The first kappa shape index (κ1) is 23.1. The van der Waals surface area contributed by atoms with E-state index in [4.69, 9.17) is 14.2 Å². The molecule has 0 saturated carbocycles. The van der Waals surface area contributed by atoms with Gasteiger partial charge in [-0.2, -0.15) is 0 Å². The van der Waals surface area contributed by atoms with E-state index in [2.05, 4.69) is 10.0 Å². The van der Waals surface area contributed by atoms with Gasteiger partial charge in [0.05, 0.1) is 32.3 Å². The van der Waals surface area contributed by atoms with Crippen LogP contribution in [0.2, 0.25) is 0 Å². The summed E-state index contributed by atoms with van der Waals surface area (Å²) < 4.78 is 41.5. The normalized spacial score (nSPS) is 11.2. The molecule has 0 aliphatic rings. The van der Waals surface area contributed by atoms with Crippen LogP contribution < -0.4 is 24.2 Å². The van der Waals surface area contributed by atoms with Crippen LogP contribution in [0.3, 0.4) is 0 Å². The molecule has 0 unspecified atom stereocenters. The van der Waals surface area contributed by atoms with Crippen LogP contribution in [0.4, 0.5) is 11.4 Å². The lowest BCUT2D eigenvalue weighted by molar-refractivity contribution is -0.111. The zero-order chi connectivity index (χ0) is 22.1. The number of ether oxygens (including phenoxy) is 3. The summed E-state index contributed by atoms with van der Waals surface area (Å²) in [5.41, 5.74) is 1.52. The minimum absolute atomic E-state index is 0.284. The highest BCUT2D eigenvalue weighted by Crippen LogP contribution is 2.30. The highest BCUT2D eigenvalue weighted by molar-refractivity contribution is 7.92. The Balaban J connectivity index is 2.11. The Kier molecular flexibility index (Phi) is 8.11. The van der Waals surface area contributed by atoms with Crippen molar-refractivity contribution in [2.45, 2.75) is 13.8 Å². The van der Waals surface area contributed by atoms with Gasteiger partial charge in [0, 0.05) is 17.8 Å². The molecule has 2 aromatic carbocycles. The molecule has 2 N–H and O–H groups in total. The molecule has 0 aliphatic heterocycles. The van der Waals surface area contributed by atoms with Crippen molar-refractivity contribution in [2.75, 3.05) is 36.6 Å². The molecule has 0 radical (unpaired) electrons. The number of carbonyl (C=O) groups is 1. The van der Waals surface area contributed by atoms with Gasteiger partial charge in [-0.1, -0.05) is 6.07 Å². The molecule has 9 heteroatoms. The predicted molar refractivity (Wildman–Crippen MR) is 118 cm³/mol. The Morgan fingerprint density at radius 3 is 2.33 bits per heavy atom. The van der Waals surface area contributed by atoms with E-state index in [-0.39, 0.29) is 17.3 Å². The maximum atomic E-state index is 12.3. The maximum absolute atomic E-state index is 12.3. The second kappa shape index (κ2) is 10.5. The number of hydrogen-bond acceptors (Lipinski definition) is 6. The third kappa shape index (κ3) is 7.00. The molecule has 0 aliphatic carbocycles. The summed E-state index contributed by atoms with van der Waals surface area (Å²) in [6, 6.07) is 10.0. The molecule has 1 amide bonds. The highest BCUT2D eigenvalue weighted by Gasteiger charge is 2.10. The van der Waals surface area contributed by atoms with E-state index in [1.54, 1.807) is 24.3 Å². The Labute approximate surface area is 176 Å². The zero-order valence-electron chi connectivity index (χ0n) is 17.4. The van der Waals surface area contributed by atoms with Crippen molar-refractivity contribution in [1.82, 2.24) is 0 Å². The lowest BCUT2D eigenvalue weighted by Gasteiger charge is -2.12. The van der Waals surface area contributed by atoms with Crippen LogP contribution in [0.25, 0.3) is 6.08 Å². The first-order valence-electron chi connectivity index (χ1n) is 9.30. The summed E-state index contributed by atoms with van der Waals surface area (Å²) in [6.45, 7) is 4.81.